The number of benzene rings is 1. The molecule has 20 heavy (non-hydrogen) atoms. The molecule has 1 saturated heterocycles. The third kappa shape index (κ3) is 3.06. The summed E-state index contributed by atoms with van der Waals surface area (Å²) < 4.78 is 0. The lowest BCUT2D eigenvalue weighted by atomic mass is 10.1. The van der Waals surface area contributed by atoms with E-state index in [9.17, 15) is 9.59 Å². The summed E-state index contributed by atoms with van der Waals surface area (Å²) in [5.74, 6) is 5.44. The van der Waals surface area contributed by atoms with Gasteiger partial charge in [0.05, 0.1) is 12.2 Å². The second-order valence-electron chi connectivity index (χ2n) is 4.86. The number of imide groups is 1. The second-order valence-corrected chi connectivity index (χ2v) is 4.86. The number of amides is 2. The summed E-state index contributed by atoms with van der Waals surface area (Å²) in [5.41, 5.74) is 7.69. The minimum atomic E-state index is -0.146. The molecule has 2 N–H and O–H groups in total. The van der Waals surface area contributed by atoms with E-state index in [2.05, 4.69) is 11.8 Å². The molecular weight excluding hydrogens is 252 g/mol. The van der Waals surface area contributed by atoms with Crippen molar-refractivity contribution in [1.29, 1.82) is 0 Å². The predicted molar refractivity (Wildman–Crippen MR) is 78.1 cm³/mol. The fourth-order valence-corrected chi connectivity index (χ4v) is 2.28. The van der Waals surface area contributed by atoms with E-state index in [1.54, 1.807) is 6.07 Å². The van der Waals surface area contributed by atoms with Crippen LogP contribution in [0.2, 0.25) is 0 Å². The fraction of sp³-hybridized carbons (Fsp3) is 0.375. The highest BCUT2D eigenvalue weighted by molar-refractivity contribution is 6.16. The summed E-state index contributed by atoms with van der Waals surface area (Å²) in [6.45, 7) is 2.19. The zero-order valence-electron chi connectivity index (χ0n) is 11.6. The van der Waals surface area contributed by atoms with E-state index >= 15 is 0 Å². The van der Waals surface area contributed by atoms with Gasteiger partial charge in [-0.05, 0) is 37.5 Å². The third-order valence-corrected chi connectivity index (χ3v) is 3.25. The van der Waals surface area contributed by atoms with Crippen molar-refractivity contribution in [3.8, 4) is 11.8 Å². The van der Waals surface area contributed by atoms with Gasteiger partial charge in [-0.2, -0.15) is 0 Å². The Morgan fingerprint density at radius 3 is 2.45 bits per heavy atom. The van der Waals surface area contributed by atoms with Crippen LogP contribution in [0.25, 0.3) is 0 Å². The van der Waals surface area contributed by atoms with E-state index in [1.807, 2.05) is 19.1 Å². The molecule has 4 nitrogen and oxygen atoms in total. The van der Waals surface area contributed by atoms with E-state index in [0.29, 0.717) is 24.1 Å². The topological polar surface area (TPSA) is 63.4 Å². The van der Waals surface area contributed by atoms with E-state index in [-0.39, 0.29) is 18.4 Å². The van der Waals surface area contributed by atoms with Gasteiger partial charge in [0.1, 0.15) is 0 Å². The maximum atomic E-state index is 12.2. The zero-order valence-corrected chi connectivity index (χ0v) is 11.6. The monoisotopic (exact) mass is 270 g/mol. The highest BCUT2D eigenvalue weighted by Gasteiger charge is 2.27. The summed E-state index contributed by atoms with van der Waals surface area (Å²) in [4.78, 5) is 25.6. The number of hydrogen-bond acceptors (Lipinski definition) is 3. The molecule has 1 aromatic carbocycles. The van der Waals surface area contributed by atoms with Gasteiger partial charge in [0.25, 0.3) is 0 Å². The van der Waals surface area contributed by atoms with Crippen molar-refractivity contribution in [1.82, 2.24) is 0 Å². The second kappa shape index (κ2) is 6.36. The Balaban J connectivity index is 2.49. The normalized spacial score (nSPS) is 15.6. The minimum absolute atomic E-state index is 0.146. The molecule has 0 unspecified atom stereocenters. The van der Waals surface area contributed by atoms with Crippen molar-refractivity contribution in [3.63, 3.8) is 0 Å². The van der Waals surface area contributed by atoms with Crippen LogP contribution in [-0.4, -0.2) is 18.4 Å². The van der Waals surface area contributed by atoms with Crippen molar-refractivity contribution in [2.24, 2.45) is 5.73 Å². The number of aryl methyl sites for hydroxylation is 1. The van der Waals surface area contributed by atoms with Crippen molar-refractivity contribution in [3.05, 3.63) is 29.3 Å². The van der Waals surface area contributed by atoms with Gasteiger partial charge >= 0.3 is 0 Å². The highest BCUT2D eigenvalue weighted by atomic mass is 16.2. The van der Waals surface area contributed by atoms with Crippen LogP contribution in [0.5, 0.6) is 0 Å². The molecule has 0 aromatic heterocycles. The summed E-state index contributed by atoms with van der Waals surface area (Å²) in [6, 6.07) is 5.55. The lowest BCUT2D eigenvalue weighted by Crippen LogP contribution is -2.35. The Bertz CT molecular complexity index is 578. The van der Waals surface area contributed by atoms with E-state index in [1.165, 1.54) is 4.90 Å². The molecule has 1 aliphatic rings. The van der Waals surface area contributed by atoms with Crippen molar-refractivity contribution in [2.45, 2.75) is 32.6 Å². The van der Waals surface area contributed by atoms with Crippen LogP contribution in [-0.2, 0) is 9.59 Å². The molecule has 1 fully saturated rings. The standard InChI is InChI=1S/C16H18N2O2/c1-12-8-9-14(13(11-12)5-4-10-17)18-15(19)6-2-3-7-16(18)20/h8-9,11H,2-3,6-7,10,17H2,1H3. The van der Waals surface area contributed by atoms with Crippen LogP contribution < -0.4 is 10.6 Å². The average Bonchev–Trinajstić information content (AvgIpc) is 2.59. The molecule has 0 atom stereocenters. The number of nitrogens with zero attached hydrogens (tertiary/aromatic N) is 1. The van der Waals surface area contributed by atoms with Gasteiger partial charge in [-0.25, -0.2) is 4.90 Å². The van der Waals surface area contributed by atoms with Gasteiger partial charge in [-0.1, -0.05) is 17.9 Å². The molecule has 4 heteroatoms. The largest absolute Gasteiger partial charge is 0.320 e. The smallest absolute Gasteiger partial charge is 0.233 e. The Morgan fingerprint density at radius 1 is 1.20 bits per heavy atom. The maximum Gasteiger partial charge on any atom is 0.233 e. The van der Waals surface area contributed by atoms with Crippen LogP contribution in [0, 0.1) is 18.8 Å². The van der Waals surface area contributed by atoms with Crippen LogP contribution >= 0.6 is 0 Å². The van der Waals surface area contributed by atoms with E-state index in [0.717, 1.165) is 18.4 Å². The van der Waals surface area contributed by atoms with Crippen molar-refractivity contribution >= 4 is 17.5 Å². The first-order chi connectivity index (χ1) is 9.63. The first kappa shape index (κ1) is 14.3. The lowest BCUT2D eigenvalue weighted by Gasteiger charge is -2.20. The van der Waals surface area contributed by atoms with Gasteiger partial charge in [0.2, 0.25) is 11.8 Å². The molecule has 0 bridgehead atoms. The number of hydrogen-bond donors (Lipinski definition) is 1. The SMILES string of the molecule is Cc1ccc(N2C(=O)CCCCC2=O)c(C#CCN)c1. The Morgan fingerprint density at radius 2 is 1.85 bits per heavy atom. The van der Waals surface area contributed by atoms with E-state index < -0.39 is 0 Å². The molecule has 1 aromatic rings. The Hall–Kier alpha value is -2.12. The third-order valence-electron chi connectivity index (χ3n) is 3.25. The molecule has 1 heterocycles. The molecule has 0 spiro atoms. The molecule has 2 amide bonds. The average molecular weight is 270 g/mol. The molecule has 0 saturated carbocycles. The molecular formula is C16H18N2O2. The Labute approximate surface area is 118 Å². The molecule has 104 valence electrons. The number of carbonyl (C=O) groups excluding carboxylic acids is 2. The molecule has 2 rings (SSSR count). The first-order valence-electron chi connectivity index (χ1n) is 6.79. The highest BCUT2D eigenvalue weighted by Crippen LogP contribution is 2.25. The summed E-state index contributed by atoms with van der Waals surface area (Å²) in [5, 5.41) is 0. The van der Waals surface area contributed by atoms with Crippen LogP contribution in [0.4, 0.5) is 5.69 Å². The van der Waals surface area contributed by atoms with Crippen molar-refractivity contribution < 1.29 is 9.59 Å². The Kier molecular flexibility index (Phi) is 4.54. The summed E-state index contributed by atoms with van der Waals surface area (Å²) >= 11 is 0. The maximum absolute atomic E-state index is 12.2. The molecule has 0 radical (unpaired) electrons. The van der Waals surface area contributed by atoms with Gasteiger partial charge < -0.3 is 5.73 Å². The van der Waals surface area contributed by atoms with Crippen LogP contribution in [0.1, 0.15) is 36.8 Å². The quantitative estimate of drug-likeness (QED) is 0.624. The molecule has 0 aliphatic carbocycles. The number of rotatable bonds is 1. The van der Waals surface area contributed by atoms with Crippen molar-refractivity contribution in [2.75, 3.05) is 11.4 Å². The van der Waals surface area contributed by atoms with Crippen LogP contribution in [0.15, 0.2) is 18.2 Å². The zero-order chi connectivity index (χ0) is 14.5. The number of carbonyl (C=O) groups is 2. The minimum Gasteiger partial charge on any atom is -0.320 e. The number of anilines is 1. The summed E-state index contributed by atoms with van der Waals surface area (Å²) in [7, 11) is 0. The lowest BCUT2D eigenvalue weighted by molar-refractivity contribution is -0.125. The predicted octanol–water partition coefficient (Wildman–Crippen LogP) is 1.74. The molecule has 1 aliphatic heterocycles. The van der Waals surface area contributed by atoms with E-state index in [4.69, 9.17) is 5.73 Å². The van der Waals surface area contributed by atoms with Gasteiger partial charge in [-0.3, -0.25) is 9.59 Å². The summed E-state index contributed by atoms with van der Waals surface area (Å²) in [6.07, 6.45) is 2.33. The van der Waals surface area contributed by atoms with Crippen LogP contribution in [0.3, 0.4) is 0 Å². The number of nitrogens with two attached hydrogens (primary N) is 1. The first-order valence-corrected chi connectivity index (χ1v) is 6.79. The van der Waals surface area contributed by atoms with Gasteiger partial charge in [0.15, 0.2) is 0 Å². The van der Waals surface area contributed by atoms with Gasteiger partial charge in [0, 0.05) is 18.4 Å². The fourth-order valence-electron chi connectivity index (χ4n) is 2.28. The van der Waals surface area contributed by atoms with Gasteiger partial charge in [-0.15, -0.1) is 0 Å².